The zero-order valence-corrected chi connectivity index (χ0v) is 13.5. The first-order chi connectivity index (χ1) is 11.4. The molecule has 2 amide bonds. The van der Waals surface area contributed by atoms with E-state index in [0.29, 0.717) is 5.69 Å². The summed E-state index contributed by atoms with van der Waals surface area (Å²) < 4.78 is 4.81. The van der Waals surface area contributed by atoms with E-state index in [1.165, 1.54) is 24.3 Å². The maximum absolute atomic E-state index is 12.4. The number of nitrogens with one attached hydrogen (secondary N) is 2. The van der Waals surface area contributed by atoms with Crippen molar-refractivity contribution in [3.05, 3.63) is 42.0 Å². The van der Waals surface area contributed by atoms with Gasteiger partial charge in [-0.3, -0.25) is 4.79 Å². The first kappa shape index (κ1) is 18.7. The molecule has 0 radical (unpaired) electrons. The second kappa shape index (κ2) is 8.96. The molecule has 0 spiro atoms. The molecule has 1 atom stereocenters. The number of hydrogen-bond acceptors (Lipinski definition) is 5. The molecule has 7 heteroatoms. The highest BCUT2D eigenvalue weighted by atomic mass is 16.5. The third kappa shape index (κ3) is 5.15. The molecule has 1 aromatic rings. The van der Waals surface area contributed by atoms with Crippen LogP contribution in [0.2, 0.25) is 0 Å². The normalized spacial score (nSPS) is 10.9. The van der Waals surface area contributed by atoms with Gasteiger partial charge in [-0.2, -0.15) is 10.5 Å². The van der Waals surface area contributed by atoms with Crippen LogP contribution in [-0.2, 0) is 9.53 Å². The van der Waals surface area contributed by atoms with Crippen molar-refractivity contribution in [2.24, 2.45) is 5.92 Å². The number of alkyl carbamates (subject to hydrolysis) is 1. The van der Waals surface area contributed by atoms with Gasteiger partial charge in [-0.25, -0.2) is 4.79 Å². The minimum atomic E-state index is -0.816. The van der Waals surface area contributed by atoms with Gasteiger partial charge in [-0.05, 0) is 24.1 Å². The van der Waals surface area contributed by atoms with Crippen LogP contribution in [0.5, 0.6) is 0 Å². The zero-order valence-electron chi connectivity index (χ0n) is 13.5. The molecule has 1 aromatic carbocycles. The summed E-state index contributed by atoms with van der Waals surface area (Å²) in [6, 6.07) is 7.35. The minimum Gasteiger partial charge on any atom is -0.445 e. The molecule has 0 bridgehead atoms. The molecule has 0 saturated carbocycles. The Balaban J connectivity index is 2.86. The van der Waals surface area contributed by atoms with Gasteiger partial charge in [0.05, 0.1) is 11.1 Å². The smallest absolute Gasteiger partial charge is 0.408 e. The van der Waals surface area contributed by atoms with Gasteiger partial charge in [-0.15, -0.1) is 0 Å². The van der Waals surface area contributed by atoms with Crippen molar-refractivity contribution in [2.45, 2.75) is 19.9 Å². The molecule has 0 fully saturated rings. The molecular formula is C17H18N4O3. The Morgan fingerprint density at radius 1 is 1.29 bits per heavy atom. The maximum Gasteiger partial charge on any atom is 0.408 e. The lowest BCUT2D eigenvalue weighted by Gasteiger charge is -2.21. The third-order valence-electron chi connectivity index (χ3n) is 3.08. The number of rotatable bonds is 6. The van der Waals surface area contributed by atoms with Crippen LogP contribution in [0, 0.1) is 28.6 Å². The lowest BCUT2D eigenvalue weighted by molar-refractivity contribution is -0.119. The van der Waals surface area contributed by atoms with Crippen LogP contribution in [0.4, 0.5) is 10.5 Å². The highest BCUT2D eigenvalue weighted by Gasteiger charge is 2.25. The molecule has 2 N–H and O–H groups in total. The first-order valence-corrected chi connectivity index (χ1v) is 7.22. The summed E-state index contributed by atoms with van der Waals surface area (Å²) in [6.07, 6.45) is 0.700. The van der Waals surface area contributed by atoms with Gasteiger partial charge >= 0.3 is 6.09 Å². The van der Waals surface area contributed by atoms with Crippen LogP contribution in [0.1, 0.15) is 25.0 Å². The van der Waals surface area contributed by atoms with E-state index >= 15 is 0 Å². The molecule has 0 aromatic heterocycles. The topological polar surface area (TPSA) is 115 Å². The van der Waals surface area contributed by atoms with Crippen molar-refractivity contribution < 1.29 is 14.3 Å². The largest absolute Gasteiger partial charge is 0.445 e. The summed E-state index contributed by atoms with van der Waals surface area (Å²) in [6.45, 7) is 7.03. The van der Waals surface area contributed by atoms with Gasteiger partial charge in [-0.1, -0.05) is 26.5 Å². The van der Waals surface area contributed by atoms with E-state index < -0.39 is 18.0 Å². The molecule has 0 aliphatic heterocycles. The summed E-state index contributed by atoms with van der Waals surface area (Å²) in [5.74, 6) is -0.635. The van der Waals surface area contributed by atoms with Gasteiger partial charge in [0, 0.05) is 5.69 Å². The van der Waals surface area contributed by atoms with Gasteiger partial charge < -0.3 is 15.4 Å². The Kier molecular flexibility index (Phi) is 6.99. The number of anilines is 1. The molecule has 24 heavy (non-hydrogen) atoms. The van der Waals surface area contributed by atoms with Gasteiger partial charge in [0.15, 0.2) is 0 Å². The number of hydrogen-bond donors (Lipinski definition) is 2. The predicted octanol–water partition coefficient (Wildman–Crippen LogP) is 2.31. The summed E-state index contributed by atoms with van der Waals surface area (Å²) in [7, 11) is 0. The molecule has 0 aliphatic rings. The van der Waals surface area contributed by atoms with Crippen molar-refractivity contribution in [3.8, 4) is 12.1 Å². The van der Waals surface area contributed by atoms with E-state index in [1.807, 2.05) is 12.1 Å². The van der Waals surface area contributed by atoms with Crippen molar-refractivity contribution in [1.82, 2.24) is 5.32 Å². The lowest BCUT2D eigenvalue weighted by atomic mass is 10.0. The summed E-state index contributed by atoms with van der Waals surface area (Å²) in [5, 5.41) is 23.0. The number of carbonyl (C=O) groups is 2. The number of amides is 2. The lowest BCUT2D eigenvalue weighted by Crippen LogP contribution is -2.47. The number of nitriles is 2. The van der Waals surface area contributed by atoms with E-state index in [4.69, 9.17) is 15.3 Å². The average molecular weight is 326 g/mol. The number of ether oxygens (including phenoxy) is 1. The molecule has 124 valence electrons. The SMILES string of the molecule is C=CCOC(=O)NC(C(=O)Nc1ccc(C#N)c(C#N)c1)C(C)C. The number of nitrogens with zero attached hydrogens (tertiary/aromatic N) is 2. The maximum atomic E-state index is 12.4. The standard InChI is InChI=1S/C17H18N4O3/c1-4-7-24-17(23)21-15(11(2)3)16(22)20-14-6-5-12(9-18)13(8-14)10-19/h4-6,8,11,15H,1,7H2,2-3H3,(H,20,22)(H,21,23). The van der Waals surface area contributed by atoms with Crippen LogP contribution in [0.3, 0.4) is 0 Å². The van der Waals surface area contributed by atoms with Gasteiger partial charge in [0.25, 0.3) is 0 Å². The Hall–Kier alpha value is -3.32. The van der Waals surface area contributed by atoms with Crippen molar-refractivity contribution in [1.29, 1.82) is 10.5 Å². The Morgan fingerprint density at radius 2 is 1.96 bits per heavy atom. The minimum absolute atomic E-state index is 0.0411. The van der Waals surface area contributed by atoms with Crippen molar-refractivity contribution in [3.63, 3.8) is 0 Å². The highest BCUT2D eigenvalue weighted by molar-refractivity contribution is 5.97. The fraction of sp³-hybridized carbons (Fsp3) is 0.294. The molecule has 7 nitrogen and oxygen atoms in total. The van der Waals surface area contributed by atoms with Gasteiger partial charge in [0.1, 0.15) is 24.8 Å². The van der Waals surface area contributed by atoms with Crippen molar-refractivity contribution >= 4 is 17.7 Å². The van der Waals surface area contributed by atoms with Gasteiger partial charge in [0.2, 0.25) is 5.91 Å². The molecule has 0 aliphatic carbocycles. The summed E-state index contributed by atoms with van der Waals surface area (Å²) >= 11 is 0. The number of carbonyl (C=O) groups excluding carboxylic acids is 2. The van der Waals surface area contributed by atoms with E-state index in [-0.39, 0.29) is 23.7 Å². The predicted molar refractivity (Wildman–Crippen MR) is 87.8 cm³/mol. The molecule has 1 unspecified atom stereocenters. The number of benzene rings is 1. The second-order valence-corrected chi connectivity index (χ2v) is 5.23. The van der Waals surface area contributed by atoms with Crippen LogP contribution in [-0.4, -0.2) is 24.6 Å². The Labute approximate surface area is 140 Å². The van der Waals surface area contributed by atoms with Crippen LogP contribution >= 0.6 is 0 Å². The quantitative estimate of drug-likeness (QED) is 0.778. The highest BCUT2D eigenvalue weighted by Crippen LogP contribution is 2.16. The van der Waals surface area contributed by atoms with Crippen molar-refractivity contribution in [2.75, 3.05) is 11.9 Å². The first-order valence-electron chi connectivity index (χ1n) is 7.22. The molecule has 0 saturated heterocycles. The zero-order chi connectivity index (χ0) is 18.1. The van der Waals surface area contributed by atoms with E-state index in [0.717, 1.165) is 0 Å². The Morgan fingerprint density at radius 3 is 2.50 bits per heavy atom. The third-order valence-corrected chi connectivity index (χ3v) is 3.08. The fourth-order valence-corrected chi connectivity index (χ4v) is 1.87. The second-order valence-electron chi connectivity index (χ2n) is 5.23. The van der Waals surface area contributed by atoms with Crippen LogP contribution < -0.4 is 10.6 Å². The summed E-state index contributed by atoms with van der Waals surface area (Å²) in [5.41, 5.74) is 0.749. The summed E-state index contributed by atoms with van der Waals surface area (Å²) in [4.78, 5) is 24.0. The molecular weight excluding hydrogens is 308 g/mol. The van der Waals surface area contributed by atoms with Crippen LogP contribution in [0.25, 0.3) is 0 Å². The Bertz CT molecular complexity index is 714. The molecule has 0 heterocycles. The monoisotopic (exact) mass is 326 g/mol. The van der Waals surface area contributed by atoms with E-state index in [1.54, 1.807) is 13.8 Å². The van der Waals surface area contributed by atoms with E-state index in [9.17, 15) is 9.59 Å². The van der Waals surface area contributed by atoms with Crippen LogP contribution in [0.15, 0.2) is 30.9 Å². The van der Waals surface area contributed by atoms with E-state index in [2.05, 4.69) is 17.2 Å². The average Bonchev–Trinajstić information content (AvgIpc) is 2.57. The molecule has 1 rings (SSSR count). The fourth-order valence-electron chi connectivity index (χ4n) is 1.87.